The Bertz CT molecular complexity index is 605. The van der Waals surface area contributed by atoms with Crippen molar-refractivity contribution in [3.05, 3.63) is 52.2 Å². The molecule has 1 unspecified atom stereocenters. The first-order chi connectivity index (χ1) is 9.36. The molecule has 2 aromatic rings. The van der Waals surface area contributed by atoms with E-state index in [9.17, 15) is 9.90 Å². The molecule has 5 heteroatoms. The second-order valence-electron chi connectivity index (χ2n) is 5.92. The van der Waals surface area contributed by atoms with Gasteiger partial charge in [-0.25, -0.2) is 4.79 Å². The molecular formula is C15H21N3O2. The smallest absolute Gasteiger partial charge is 0.323 e. The predicted octanol–water partition coefficient (Wildman–Crippen LogP) is 2.15. The molecule has 0 aliphatic carbocycles. The molecule has 1 atom stereocenters. The third-order valence-corrected chi connectivity index (χ3v) is 3.23. The maximum absolute atomic E-state index is 11.0. The Morgan fingerprint density at radius 1 is 1.25 bits per heavy atom. The second-order valence-corrected chi connectivity index (χ2v) is 5.92. The van der Waals surface area contributed by atoms with Crippen molar-refractivity contribution < 1.29 is 5.11 Å². The minimum absolute atomic E-state index is 0.128. The molecule has 5 nitrogen and oxygen atoms in total. The summed E-state index contributed by atoms with van der Waals surface area (Å²) >= 11 is 0. The van der Waals surface area contributed by atoms with Gasteiger partial charge in [0.1, 0.15) is 6.10 Å². The molecule has 108 valence electrons. The van der Waals surface area contributed by atoms with Gasteiger partial charge in [0, 0.05) is 18.4 Å². The molecule has 2 rings (SSSR count). The molecule has 0 saturated carbocycles. The first-order valence-electron chi connectivity index (χ1n) is 6.66. The molecule has 0 aliphatic rings. The number of aliphatic hydroxyl groups is 1. The zero-order chi connectivity index (χ0) is 14.8. The van der Waals surface area contributed by atoms with Crippen LogP contribution < -0.4 is 11.0 Å². The average molecular weight is 275 g/mol. The van der Waals surface area contributed by atoms with Crippen LogP contribution >= 0.6 is 0 Å². The number of hydrogen-bond acceptors (Lipinski definition) is 3. The highest BCUT2D eigenvalue weighted by molar-refractivity contribution is 5.46. The van der Waals surface area contributed by atoms with Crippen molar-refractivity contribution in [2.75, 3.05) is 11.9 Å². The Hall–Kier alpha value is -2.01. The Balaban J connectivity index is 1.96. The lowest BCUT2D eigenvalue weighted by atomic mass is 9.87. The quantitative estimate of drug-likeness (QED) is 0.690. The standard InChI is InChI=1S/C15H21N3O2/c1-15(2,3)10-4-6-11(7-5-10)16-9-13(19)12-8-17-14(20)18-12/h4-8,13,16,19H,9H2,1-3H3,(H2,17,18,20). The van der Waals surface area contributed by atoms with E-state index in [0.29, 0.717) is 12.2 Å². The van der Waals surface area contributed by atoms with Crippen molar-refractivity contribution in [1.29, 1.82) is 0 Å². The van der Waals surface area contributed by atoms with E-state index in [0.717, 1.165) is 5.69 Å². The van der Waals surface area contributed by atoms with Crippen LogP contribution in [0.1, 0.15) is 38.1 Å². The minimum Gasteiger partial charge on any atom is -0.385 e. The van der Waals surface area contributed by atoms with Crippen LogP contribution in [0.4, 0.5) is 5.69 Å². The van der Waals surface area contributed by atoms with Gasteiger partial charge in [-0.15, -0.1) is 0 Å². The van der Waals surface area contributed by atoms with Crippen LogP contribution in [0.5, 0.6) is 0 Å². The molecule has 1 aromatic heterocycles. The van der Waals surface area contributed by atoms with Crippen molar-refractivity contribution in [2.45, 2.75) is 32.3 Å². The zero-order valence-corrected chi connectivity index (χ0v) is 12.0. The largest absolute Gasteiger partial charge is 0.385 e. The molecule has 0 radical (unpaired) electrons. The Morgan fingerprint density at radius 2 is 1.90 bits per heavy atom. The maximum atomic E-state index is 11.0. The SMILES string of the molecule is CC(C)(C)c1ccc(NCC(O)c2c[nH]c(=O)[nH]2)cc1. The lowest BCUT2D eigenvalue weighted by Crippen LogP contribution is -2.14. The van der Waals surface area contributed by atoms with E-state index in [-0.39, 0.29) is 11.1 Å². The molecule has 4 N–H and O–H groups in total. The Kier molecular flexibility index (Phi) is 3.99. The van der Waals surface area contributed by atoms with E-state index >= 15 is 0 Å². The summed E-state index contributed by atoms with van der Waals surface area (Å²) < 4.78 is 0. The topological polar surface area (TPSA) is 80.9 Å². The number of rotatable bonds is 4. The van der Waals surface area contributed by atoms with Crippen LogP contribution in [-0.4, -0.2) is 21.6 Å². The predicted molar refractivity (Wildman–Crippen MR) is 80.0 cm³/mol. The van der Waals surface area contributed by atoms with Crippen LogP contribution in [0, 0.1) is 0 Å². The van der Waals surface area contributed by atoms with Crippen molar-refractivity contribution in [1.82, 2.24) is 9.97 Å². The molecular weight excluding hydrogens is 254 g/mol. The average Bonchev–Trinajstić information content (AvgIpc) is 2.82. The van der Waals surface area contributed by atoms with Crippen molar-refractivity contribution in [3.63, 3.8) is 0 Å². The highest BCUT2D eigenvalue weighted by Gasteiger charge is 2.13. The van der Waals surface area contributed by atoms with Crippen LogP contribution in [0.3, 0.4) is 0 Å². The van der Waals surface area contributed by atoms with E-state index in [1.165, 1.54) is 11.8 Å². The Labute approximate surface area is 118 Å². The number of H-pyrrole nitrogens is 2. The summed E-state index contributed by atoms with van der Waals surface area (Å²) in [6.45, 7) is 6.84. The van der Waals surface area contributed by atoms with E-state index in [1.54, 1.807) is 0 Å². The van der Waals surface area contributed by atoms with Crippen molar-refractivity contribution in [2.24, 2.45) is 0 Å². The molecule has 0 aliphatic heterocycles. The summed E-state index contributed by atoms with van der Waals surface area (Å²) in [5.74, 6) is 0. The van der Waals surface area contributed by atoms with E-state index in [4.69, 9.17) is 0 Å². The van der Waals surface area contributed by atoms with Crippen LogP contribution in [0.15, 0.2) is 35.3 Å². The Morgan fingerprint density at radius 3 is 2.40 bits per heavy atom. The number of anilines is 1. The molecule has 1 aromatic carbocycles. The summed E-state index contributed by atoms with van der Waals surface area (Å²) in [6.07, 6.45) is 0.730. The summed E-state index contributed by atoms with van der Waals surface area (Å²) in [6, 6.07) is 8.14. The third kappa shape index (κ3) is 3.51. The first-order valence-corrected chi connectivity index (χ1v) is 6.66. The molecule has 0 spiro atoms. The van der Waals surface area contributed by atoms with E-state index < -0.39 is 6.10 Å². The van der Waals surface area contributed by atoms with Gasteiger partial charge < -0.3 is 20.4 Å². The van der Waals surface area contributed by atoms with Gasteiger partial charge in [-0.3, -0.25) is 0 Å². The van der Waals surface area contributed by atoms with Crippen LogP contribution in [-0.2, 0) is 5.41 Å². The number of imidazole rings is 1. The zero-order valence-electron chi connectivity index (χ0n) is 12.0. The number of hydrogen-bond donors (Lipinski definition) is 4. The van der Waals surface area contributed by atoms with E-state index in [2.05, 4.69) is 48.2 Å². The van der Waals surface area contributed by atoms with Crippen molar-refractivity contribution >= 4 is 5.69 Å². The molecule has 0 bridgehead atoms. The maximum Gasteiger partial charge on any atom is 0.323 e. The summed E-state index contributed by atoms with van der Waals surface area (Å²) in [5.41, 5.74) is 2.50. The highest BCUT2D eigenvalue weighted by Crippen LogP contribution is 2.23. The highest BCUT2D eigenvalue weighted by atomic mass is 16.3. The van der Waals surface area contributed by atoms with Gasteiger partial charge in [0.25, 0.3) is 0 Å². The number of aliphatic hydroxyl groups excluding tert-OH is 1. The molecule has 20 heavy (non-hydrogen) atoms. The van der Waals surface area contributed by atoms with Gasteiger partial charge in [-0.1, -0.05) is 32.9 Å². The lowest BCUT2D eigenvalue weighted by Gasteiger charge is -2.19. The minimum atomic E-state index is -0.753. The molecule has 0 fully saturated rings. The fourth-order valence-electron chi connectivity index (χ4n) is 1.94. The van der Waals surface area contributed by atoms with Gasteiger partial charge in [-0.05, 0) is 23.1 Å². The molecule has 0 amide bonds. The lowest BCUT2D eigenvalue weighted by molar-refractivity contribution is 0.187. The number of aromatic amines is 2. The van der Waals surface area contributed by atoms with Gasteiger partial charge in [0.15, 0.2) is 0 Å². The molecule has 0 saturated heterocycles. The monoisotopic (exact) mass is 275 g/mol. The van der Waals surface area contributed by atoms with Gasteiger partial charge >= 0.3 is 5.69 Å². The number of benzene rings is 1. The summed E-state index contributed by atoms with van der Waals surface area (Å²) in [4.78, 5) is 16.0. The van der Waals surface area contributed by atoms with Gasteiger partial charge in [0.05, 0.1) is 5.69 Å². The third-order valence-electron chi connectivity index (χ3n) is 3.23. The van der Waals surface area contributed by atoms with Crippen LogP contribution in [0.2, 0.25) is 0 Å². The van der Waals surface area contributed by atoms with Gasteiger partial charge in [-0.2, -0.15) is 0 Å². The van der Waals surface area contributed by atoms with E-state index in [1.807, 2.05) is 12.1 Å². The van der Waals surface area contributed by atoms with Crippen LogP contribution in [0.25, 0.3) is 0 Å². The summed E-state index contributed by atoms with van der Waals surface area (Å²) in [7, 11) is 0. The number of aromatic nitrogens is 2. The van der Waals surface area contributed by atoms with Crippen molar-refractivity contribution in [3.8, 4) is 0 Å². The molecule has 1 heterocycles. The first kappa shape index (κ1) is 14.4. The van der Waals surface area contributed by atoms with Gasteiger partial charge in [0.2, 0.25) is 0 Å². The number of nitrogens with one attached hydrogen (secondary N) is 3. The fourth-order valence-corrected chi connectivity index (χ4v) is 1.94. The summed E-state index contributed by atoms with van der Waals surface area (Å²) in [5, 5.41) is 13.1. The fraction of sp³-hybridized carbons (Fsp3) is 0.400. The normalized spacial score (nSPS) is 13.2. The second kappa shape index (κ2) is 5.54.